The zero-order chi connectivity index (χ0) is 20.5. The third-order valence-corrected chi connectivity index (χ3v) is 8.93. The van der Waals surface area contributed by atoms with Crippen molar-refractivity contribution in [3.63, 3.8) is 0 Å². The average molecular weight is 389 g/mol. The standard InChI is InChI=1S/C23H32O5/c1-13(24)23(28-14(2)25)10-7-18-20-17(6-9-22(18,23)4)21(3)8-5-16(26)11-15(21)12-19(20)27/h12,16-18,20,26H,5-11H2,1-4H3/t16-,17-,18-,20+,21-,22-,23-/m0/s1. The maximum Gasteiger partial charge on any atom is 0.303 e. The van der Waals surface area contributed by atoms with Gasteiger partial charge in [0.1, 0.15) is 0 Å². The Balaban J connectivity index is 1.76. The van der Waals surface area contributed by atoms with Gasteiger partial charge in [0.15, 0.2) is 17.2 Å². The summed E-state index contributed by atoms with van der Waals surface area (Å²) in [6, 6.07) is 0. The number of aliphatic hydroxyl groups is 1. The first-order valence-electron chi connectivity index (χ1n) is 10.7. The maximum atomic E-state index is 13.3. The summed E-state index contributed by atoms with van der Waals surface area (Å²) in [5.41, 5.74) is -0.557. The van der Waals surface area contributed by atoms with E-state index in [0.29, 0.717) is 12.8 Å². The molecule has 0 aromatic rings. The monoisotopic (exact) mass is 388 g/mol. The zero-order valence-electron chi connectivity index (χ0n) is 17.4. The minimum Gasteiger partial charge on any atom is -0.451 e. The predicted octanol–water partition coefficient (Wildman–Crippen LogP) is 3.38. The first-order valence-corrected chi connectivity index (χ1v) is 10.7. The van der Waals surface area contributed by atoms with Crippen LogP contribution in [0.4, 0.5) is 0 Å². The van der Waals surface area contributed by atoms with Crippen molar-refractivity contribution in [1.29, 1.82) is 0 Å². The molecule has 5 heteroatoms. The van der Waals surface area contributed by atoms with Gasteiger partial charge in [-0.25, -0.2) is 0 Å². The molecule has 5 nitrogen and oxygen atoms in total. The van der Waals surface area contributed by atoms with Crippen molar-refractivity contribution >= 4 is 17.5 Å². The van der Waals surface area contributed by atoms with Gasteiger partial charge in [-0.2, -0.15) is 0 Å². The van der Waals surface area contributed by atoms with Gasteiger partial charge in [0, 0.05) is 18.3 Å². The quantitative estimate of drug-likeness (QED) is 0.734. The van der Waals surface area contributed by atoms with Crippen LogP contribution in [0, 0.1) is 28.6 Å². The number of esters is 1. The van der Waals surface area contributed by atoms with Gasteiger partial charge in [-0.3, -0.25) is 14.4 Å². The average Bonchev–Trinajstić information content (AvgIpc) is 2.90. The number of hydrogen-bond donors (Lipinski definition) is 1. The molecule has 4 aliphatic rings. The molecule has 0 amide bonds. The summed E-state index contributed by atoms with van der Waals surface area (Å²) in [6.07, 6.45) is 6.60. The molecule has 0 radical (unpaired) electrons. The molecule has 7 atom stereocenters. The van der Waals surface area contributed by atoms with E-state index in [1.165, 1.54) is 13.8 Å². The lowest BCUT2D eigenvalue weighted by Crippen LogP contribution is -2.59. The van der Waals surface area contributed by atoms with Crippen molar-refractivity contribution in [2.24, 2.45) is 28.6 Å². The first-order chi connectivity index (χ1) is 13.0. The van der Waals surface area contributed by atoms with E-state index in [1.54, 1.807) is 6.08 Å². The van der Waals surface area contributed by atoms with Crippen LogP contribution in [0.5, 0.6) is 0 Å². The Hall–Kier alpha value is -1.49. The molecule has 1 N–H and O–H groups in total. The topological polar surface area (TPSA) is 80.7 Å². The van der Waals surface area contributed by atoms with Crippen molar-refractivity contribution in [3.05, 3.63) is 11.6 Å². The summed E-state index contributed by atoms with van der Waals surface area (Å²) in [7, 11) is 0. The van der Waals surface area contributed by atoms with E-state index in [9.17, 15) is 19.5 Å². The van der Waals surface area contributed by atoms with Gasteiger partial charge in [-0.1, -0.05) is 19.4 Å². The number of carbonyl (C=O) groups is 3. The number of aliphatic hydroxyl groups excluding tert-OH is 1. The highest BCUT2D eigenvalue weighted by atomic mass is 16.6. The van der Waals surface area contributed by atoms with Crippen LogP contribution in [-0.2, 0) is 19.1 Å². The van der Waals surface area contributed by atoms with Crippen LogP contribution in [0.1, 0.15) is 72.6 Å². The molecule has 0 heterocycles. The first kappa shape index (κ1) is 19.8. The molecule has 154 valence electrons. The van der Waals surface area contributed by atoms with Gasteiger partial charge in [0.2, 0.25) is 0 Å². The van der Waals surface area contributed by atoms with Gasteiger partial charge >= 0.3 is 5.97 Å². The van der Waals surface area contributed by atoms with E-state index in [1.807, 2.05) is 0 Å². The van der Waals surface area contributed by atoms with Crippen molar-refractivity contribution in [3.8, 4) is 0 Å². The second kappa shape index (κ2) is 6.25. The number of Topliss-reactive ketones (excluding diaryl/α,β-unsaturated/α-hetero) is 1. The molecule has 3 saturated carbocycles. The summed E-state index contributed by atoms with van der Waals surface area (Å²) < 4.78 is 5.75. The van der Waals surface area contributed by atoms with Crippen LogP contribution >= 0.6 is 0 Å². The van der Waals surface area contributed by atoms with Gasteiger partial charge in [-0.05, 0) is 75.2 Å². The van der Waals surface area contributed by atoms with Crippen molar-refractivity contribution in [2.75, 3.05) is 0 Å². The third kappa shape index (κ3) is 2.44. The Labute approximate surface area is 166 Å². The van der Waals surface area contributed by atoms with Crippen molar-refractivity contribution in [2.45, 2.75) is 84.3 Å². The molecule has 0 aromatic carbocycles. The molecule has 0 aliphatic heterocycles. The summed E-state index contributed by atoms with van der Waals surface area (Å²) >= 11 is 0. The fourth-order valence-corrected chi connectivity index (χ4v) is 7.45. The van der Waals surface area contributed by atoms with Crippen molar-refractivity contribution in [1.82, 2.24) is 0 Å². The number of ether oxygens (including phenoxy) is 1. The molecule has 4 aliphatic carbocycles. The summed E-state index contributed by atoms with van der Waals surface area (Å²) in [5.74, 6) is -0.222. The summed E-state index contributed by atoms with van der Waals surface area (Å²) in [6.45, 7) is 7.21. The Kier molecular flexibility index (Phi) is 4.42. The molecule has 0 unspecified atom stereocenters. The fourth-order valence-electron chi connectivity index (χ4n) is 7.45. The number of hydrogen-bond acceptors (Lipinski definition) is 5. The third-order valence-electron chi connectivity index (χ3n) is 8.93. The fraction of sp³-hybridized carbons (Fsp3) is 0.783. The summed E-state index contributed by atoms with van der Waals surface area (Å²) in [5, 5.41) is 10.1. The minimum absolute atomic E-state index is 0.0449. The van der Waals surface area contributed by atoms with Crippen LogP contribution in [0.25, 0.3) is 0 Å². The summed E-state index contributed by atoms with van der Waals surface area (Å²) in [4.78, 5) is 37.9. The molecule has 4 rings (SSSR count). The van der Waals surface area contributed by atoms with E-state index >= 15 is 0 Å². The molecule has 0 saturated heterocycles. The molecule has 0 aromatic heterocycles. The van der Waals surface area contributed by atoms with E-state index in [0.717, 1.165) is 37.7 Å². The van der Waals surface area contributed by atoms with Gasteiger partial charge in [-0.15, -0.1) is 0 Å². The number of carbonyl (C=O) groups excluding carboxylic acids is 3. The van der Waals surface area contributed by atoms with Crippen LogP contribution in [0.15, 0.2) is 11.6 Å². The van der Waals surface area contributed by atoms with Gasteiger partial charge in [0.25, 0.3) is 0 Å². The number of rotatable bonds is 2. The smallest absolute Gasteiger partial charge is 0.303 e. The number of allylic oxidation sites excluding steroid dienone is 1. The largest absolute Gasteiger partial charge is 0.451 e. The van der Waals surface area contributed by atoms with Crippen LogP contribution in [0.2, 0.25) is 0 Å². The van der Waals surface area contributed by atoms with Crippen LogP contribution in [-0.4, -0.2) is 34.3 Å². The zero-order valence-corrected chi connectivity index (χ0v) is 17.4. The molecule has 0 spiro atoms. The van der Waals surface area contributed by atoms with E-state index in [-0.39, 0.29) is 40.8 Å². The maximum absolute atomic E-state index is 13.3. The number of fused-ring (bicyclic) bond motifs is 5. The Morgan fingerprint density at radius 2 is 1.75 bits per heavy atom. The molecule has 28 heavy (non-hydrogen) atoms. The highest BCUT2D eigenvalue weighted by Gasteiger charge is 2.68. The van der Waals surface area contributed by atoms with Gasteiger partial charge < -0.3 is 9.84 Å². The van der Waals surface area contributed by atoms with E-state index < -0.39 is 17.0 Å². The molecular weight excluding hydrogens is 356 g/mol. The minimum atomic E-state index is -1.11. The van der Waals surface area contributed by atoms with E-state index in [2.05, 4.69) is 13.8 Å². The second-order valence-corrected chi connectivity index (χ2v) is 10.1. The van der Waals surface area contributed by atoms with E-state index in [4.69, 9.17) is 4.74 Å². The van der Waals surface area contributed by atoms with Crippen molar-refractivity contribution < 1.29 is 24.2 Å². The van der Waals surface area contributed by atoms with Crippen LogP contribution < -0.4 is 0 Å². The Morgan fingerprint density at radius 1 is 1.07 bits per heavy atom. The van der Waals surface area contributed by atoms with Crippen LogP contribution in [0.3, 0.4) is 0 Å². The lowest BCUT2D eigenvalue weighted by Gasteiger charge is -2.58. The number of ketones is 2. The highest BCUT2D eigenvalue weighted by Crippen LogP contribution is 2.67. The molecule has 3 fully saturated rings. The Morgan fingerprint density at radius 3 is 2.39 bits per heavy atom. The SMILES string of the molecule is CC(=O)O[C@]1(C(C)=O)CC[C@H]2[C@@H]3C(=O)C=C4C[C@@H](O)CC[C@]4(C)[C@H]3CC[C@@]21C. The normalized spacial score (nSPS) is 47.5. The van der Waals surface area contributed by atoms with Gasteiger partial charge in [0.05, 0.1) is 6.10 Å². The molecule has 0 bridgehead atoms. The Bertz CT molecular complexity index is 769. The molecular formula is C23H32O5. The highest BCUT2D eigenvalue weighted by molar-refractivity contribution is 5.95. The predicted molar refractivity (Wildman–Crippen MR) is 103 cm³/mol. The lowest BCUT2D eigenvalue weighted by atomic mass is 9.46. The lowest BCUT2D eigenvalue weighted by molar-refractivity contribution is -0.187. The second-order valence-electron chi connectivity index (χ2n) is 10.1.